The molecule has 19 heavy (non-hydrogen) atoms. The quantitative estimate of drug-likeness (QED) is 0.694. The van der Waals surface area contributed by atoms with E-state index in [9.17, 15) is 4.79 Å². The molecule has 0 aliphatic heterocycles. The number of carbonyl (C=O) groups is 1. The zero-order chi connectivity index (χ0) is 13.8. The summed E-state index contributed by atoms with van der Waals surface area (Å²) in [6.45, 7) is 1.70. The fourth-order valence-electron chi connectivity index (χ4n) is 1.47. The average Bonchev–Trinajstić information content (AvgIpc) is 2.79. The van der Waals surface area contributed by atoms with Gasteiger partial charge < -0.3 is 4.42 Å². The molecule has 0 aliphatic carbocycles. The number of aryl methyl sites for hydroxylation is 1. The number of amides is 1. The highest BCUT2D eigenvalue weighted by atomic mass is 35.5. The molecule has 2 aromatic rings. The molecule has 0 bridgehead atoms. The standard InChI is InChI=1S/C13H10Cl2N2O2/c1-8-9(5-6-19-8)13(18)17-16-7-10-11(14)3-2-4-12(10)15/h2-7H,1H3,(H,17,18)/b16-7+. The largest absolute Gasteiger partial charge is 0.469 e. The summed E-state index contributed by atoms with van der Waals surface area (Å²) >= 11 is 11.9. The number of halogens is 2. The van der Waals surface area contributed by atoms with Crippen molar-refractivity contribution < 1.29 is 9.21 Å². The van der Waals surface area contributed by atoms with E-state index in [0.717, 1.165) is 0 Å². The van der Waals surface area contributed by atoms with Crippen LogP contribution in [0, 0.1) is 6.92 Å². The Labute approximate surface area is 120 Å². The Bertz CT molecular complexity index is 615. The summed E-state index contributed by atoms with van der Waals surface area (Å²) in [6.07, 6.45) is 2.84. The topological polar surface area (TPSA) is 54.6 Å². The van der Waals surface area contributed by atoms with Gasteiger partial charge in [0.1, 0.15) is 5.76 Å². The summed E-state index contributed by atoms with van der Waals surface area (Å²) in [7, 11) is 0. The van der Waals surface area contributed by atoms with Gasteiger partial charge in [0, 0.05) is 5.56 Å². The molecule has 0 saturated carbocycles. The molecule has 98 valence electrons. The summed E-state index contributed by atoms with van der Waals surface area (Å²) in [5.41, 5.74) is 3.37. The molecular formula is C13H10Cl2N2O2. The lowest BCUT2D eigenvalue weighted by molar-refractivity contribution is 0.0953. The molecule has 1 aromatic carbocycles. The fraction of sp³-hybridized carbons (Fsp3) is 0.0769. The van der Waals surface area contributed by atoms with Crippen LogP contribution >= 0.6 is 23.2 Å². The van der Waals surface area contributed by atoms with Gasteiger partial charge in [0.25, 0.3) is 5.91 Å². The lowest BCUT2D eigenvalue weighted by atomic mass is 10.2. The summed E-state index contributed by atoms with van der Waals surface area (Å²) < 4.78 is 5.03. The Morgan fingerprint density at radius 3 is 2.58 bits per heavy atom. The molecule has 6 heteroatoms. The van der Waals surface area contributed by atoms with Gasteiger partial charge in [-0.2, -0.15) is 5.10 Å². The summed E-state index contributed by atoms with van der Waals surface area (Å²) in [5, 5.41) is 4.75. The molecule has 0 saturated heterocycles. The minimum atomic E-state index is -0.356. The van der Waals surface area contributed by atoms with Crippen LogP contribution in [0.15, 0.2) is 40.0 Å². The van der Waals surface area contributed by atoms with E-state index in [4.69, 9.17) is 27.6 Å². The van der Waals surface area contributed by atoms with E-state index in [0.29, 0.717) is 26.9 Å². The minimum absolute atomic E-state index is 0.356. The predicted octanol–water partition coefficient (Wildman–Crippen LogP) is 3.66. The number of benzene rings is 1. The van der Waals surface area contributed by atoms with Crippen molar-refractivity contribution in [2.45, 2.75) is 6.92 Å². The number of rotatable bonds is 3. The zero-order valence-electron chi connectivity index (χ0n) is 9.98. The Balaban J connectivity index is 2.09. The zero-order valence-corrected chi connectivity index (χ0v) is 11.5. The highest BCUT2D eigenvalue weighted by Gasteiger charge is 2.10. The Morgan fingerprint density at radius 1 is 1.32 bits per heavy atom. The van der Waals surface area contributed by atoms with Crippen LogP contribution in [-0.4, -0.2) is 12.1 Å². The first-order valence-corrected chi connectivity index (χ1v) is 6.16. The molecule has 2 rings (SSSR count). The SMILES string of the molecule is Cc1occc1C(=O)N/N=C/c1c(Cl)cccc1Cl. The first-order valence-electron chi connectivity index (χ1n) is 5.41. The van der Waals surface area contributed by atoms with Crippen LogP contribution in [0.5, 0.6) is 0 Å². The molecule has 0 radical (unpaired) electrons. The van der Waals surface area contributed by atoms with Crippen molar-refractivity contribution in [2.24, 2.45) is 5.10 Å². The van der Waals surface area contributed by atoms with Crippen LogP contribution in [0.1, 0.15) is 21.7 Å². The number of hydrazone groups is 1. The predicted molar refractivity (Wildman–Crippen MR) is 75.0 cm³/mol. The molecule has 4 nitrogen and oxygen atoms in total. The van der Waals surface area contributed by atoms with Gasteiger partial charge in [-0.15, -0.1) is 0 Å². The fourth-order valence-corrected chi connectivity index (χ4v) is 1.97. The number of hydrogen-bond donors (Lipinski definition) is 1. The second kappa shape index (κ2) is 5.91. The van der Waals surface area contributed by atoms with Gasteiger partial charge in [0.05, 0.1) is 28.1 Å². The smallest absolute Gasteiger partial charge is 0.274 e. The van der Waals surface area contributed by atoms with Gasteiger partial charge in [-0.05, 0) is 25.1 Å². The minimum Gasteiger partial charge on any atom is -0.469 e. The van der Waals surface area contributed by atoms with Gasteiger partial charge >= 0.3 is 0 Å². The van der Waals surface area contributed by atoms with Crippen molar-refractivity contribution in [3.05, 3.63) is 57.5 Å². The van der Waals surface area contributed by atoms with Crippen molar-refractivity contribution in [3.63, 3.8) is 0 Å². The number of nitrogens with zero attached hydrogens (tertiary/aromatic N) is 1. The second-order valence-corrected chi connectivity index (χ2v) is 4.54. The maximum atomic E-state index is 11.7. The van der Waals surface area contributed by atoms with Crippen LogP contribution in [0.3, 0.4) is 0 Å². The van der Waals surface area contributed by atoms with E-state index in [1.54, 1.807) is 31.2 Å². The van der Waals surface area contributed by atoms with Crippen molar-refractivity contribution in [3.8, 4) is 0 Å². The summed E-state index contributed by atoms with van der Waals surface area (Å²) in [5.74, 6) is 0.175. The number of furan rings is 1. The molecule has 1 N–H and O–H groups in total. The first-order chi connectivity index (χ1) is 9.09. The van der Waals surface area contributed by atoms with Gasteiger partial charge in [-0.25, -0.2) is 5.43 Å². The third kappa shape index (κ3) is 3.16. The van der Waals surface area contributed by atoms with Crippen molar-refractivity contribution in [1.82, 2.24) is 5.43 Å². The third-order valence-corrected chi connectivity index (χ3v) is 3.12. The maximum absolute atomic E-state index is 11.7. The van der Waals surface area contributed by atoms with Crippen molar-refractivity contribution >= 4 is 35.3 Å². The molecule has 0 aliphatic rings. The van der Waals surface area contributed by atoms with Crippen LogP contribution < -0.4 is 5.43 Å². The van der Waals surface area contributed by atoms with E-state index < -0.39 is 0 Å². The Kier molecular flexibility index (Phi) is 4.24. The van der Waals surface area contributed by atoms with E-state index in [1.807, 2.05) is 0 Å². The van der Waals surface area contributed by atoms with Crippen LogP contribution in [0.2, 0.25) is 10.0 Å². The molecule has 0 fully saturated rings. The average molecular weight is 297 g/mol. The Morgan fingerprint density at radius 2 is 2.00 bits per heavy atom. The summed E-state index contributed by atoms with van der Waals surface area (Å²) in [6, 6.07) is 6.69. The third-order valence-electron chi connectivity index (χ3n) is 2.46. The van der Waals surface area contributed by atoms with Crippen LogP contribution in [0.4, 0.5) is 0 Å². The van der Waals surface area contributed by atoms with Crippen molar-refractivity contribution in [2.75, 3.05) is 0 Å². The first kappa shape index (κ1) is 13.6. The van der Waals surface area contributed by atoms with E-state index in [1.165, 1.54) is 12.5 Å². The molecule has 1 aromatic heterocycles. The highest BCUT2D eigenvalue weighted by Crippen LogP contribution is 2.22. The second-order valence-electron chi connectivity index (χ2n) is 3.72. The Hall–Kier alpha value is -1.78. The maximum Gasteiger partial charge on any atom is 0.274 e. The van der Waals surface area contributed by atoms with E-state index in [-0.39, 0.29) is 5.91 Å². The molecule has 0 spiro atoms. The normalized spacial score (nSPS) is 10.9. The molecule has 0 atom stereocenters. The summed E-state index contributed by atoms with van der Waals surface area (Å²) in [4.78, 5) is 11.7. The molecule has 0 unspecified atom stereocenters. The molecular weight excluding hydrogens is 287 g/mol. The number of carbonyl (C=O) groups excluding carboxylic acids is 1. The van der Waals surface area contributed by atoms with E-state index in [2.05, 4.69) is 10.5 Å². The number of hydrogen-bond acceptors (Lipinski definition) is 3. The van der Waals surface area contributed by atoms with E-state index >= 15 is 0 Å². The van der Waals surface area contributed by atoms with Gasteiger partial charge in [0.2, 0.25) is 0 Å². The lowest BCUT2D eigenvalue weighted by Gasteiger charge is -2.01. The highest BCUT2D eigenvalue weighted by molar-refractivity contribution is 6.38. The molecule has 1 amide bonds. The van der Waals surface area contributed by atoms with Crippen LogP contribution in [-0.2, 0) is 0 Å². The van der Waals surface area contributed by atoms with Crippen LogP contribution in [0.25, 0.3) is 0 Å². The van der Waals surface area contributed by atoms with Gasteiger partial charge in [0.15, 0.2) is 0 Å². The van der Waals surface area contributed by atoms with Gasteiger partial charge in [-0.1, -0.05) is 29.3 Å². The molecule has 1 heterocycles. The lowest BCUT2D eigenvalue weighted by Crippen LogP contribution is -2.17. The van der Waals surface area contributed by atoms with Gasteiger partial charge in [-0.3, -0.25) is 4.79 Å². The van der Waals surface area contributed by atoms with Crippen molar-refractivity contribution in [1.29, 1.82) is 0 Å². The monoisotopic (exact) mass is 296 g/mol. The number of nitrogens with one attached hydrogen (secondary N) is 1.